The van der Waals surface area contributed by atoms with Gasteiger partial charge in [-0.2, -0.15) is 0 Å². The first-order valence-electron chi connectivity index (χ1n) is 8.32. The van der Waals surface area contributed by atoms with Crippen LogP contribution < -0.4 is 10.6 Å². The zero-order valence-corrected chi connectivity index (χ0v) is 17.7. The summed E-state index contributed by atoms with van der Waals surface area (Å²) in [7, 11) is 3.53. The lowest BCUT2D eigenvalue weighted by molar-refractivity contribution is -0.130. The summed E-state index contributed by atoms with van der Waals surface area (Å²) in [5, 5.41) is 7.38. The van der Waals surface area contributed by atoms with Crippen LogP contribution in [0.5, 0.6) is 0 Å². The molecule has 0 aliphatic carbocycles. The molecule has 1 heterocycles. The number of hydrogen-bond donors (Lipinski definition) is 2. The molecule has 0 spiro atoms. The van der Waals surface area contributed by atoms with Crippen molar-refractivity contribution in [1.82, 2.24) is 20.5 Å². The predicted octanol–water partition coefficient (Wildman–Crippen LogP) is 2.93. The summed E-state index contributed by atoms with van der Waals surface area (Å²) < 4.78 is 1.01. The molecule has 0 saturated heterocycles. The van der Waals surface area contributed by atoms with E-state index in [-0.39, 0.29) is 5.91 Å². The molecule has 0 atom stereocenters. The third-order valence-electron chi connectivity index (χ3n) is 3.72. The maximum absolute atomic E-state index is 12.3. The molecule has 1 amide bonds. The number of aryl methyl sites for hydroxylation is 1. The average Bonchev–Trinajstić information content (AvgIpc) is 3.05. The second-order valence-electron chi connectivity index (χ2n) is 5.81. The van der Waals surface area contributed by atoms with Gasteiger partial charge in [-0.3, -0.25) is 9.79 Å². The lowest BCUT2D eigenvalue weighted by Gasteiger charge is -2.18. The summed E-state index contributed by atoms with van der Waals surface area (Å²) in [4.78, 5) is 23.7. The van der Waals surface area contributed by atoms with Gasteiger partial charge in [-0.05, 0) is 18.6 Å². The Morgan fingerprint density at radius 1 is 1.35 bits per heavy atom. The molecule has 0 saturated carbocycles. The molecule has 0 aliphatic heterocycles. The number of carbonyl (C=O) groups excluding carboxylic acids is 1. The predicted molar refractivity (Wildman–Crippen MR) is 110 cm³/mol. The number of hydrogen-bond acceptors (Lipinski definition) is 4. The monoisotopic (exact) mass is 437 g/mol. The molecule has 26 heavy (non-hydrogen) atoms. The molecule has 0 unspecified atom stereocenters. The summed E-state index contributed by atoms with van der Waals surface area (Å²) >= 11 is 5.17. The molecule has 140 valence electrons. The van der Waals surface area contributed by atoms with E-state index in [1.54, 1.807) is 23.3 Å². The van der Waals surface area contributed by atoms with Gasteiger partial charge in [-0.25, -0.2) is 4.98 Å². The second-order valence-corrected chi connectivity index (χ2v) is 7.98. The number of aromatic nitrogens is 1. The molecule has 2 N–H and O–H groups in total. The minimum atomic E-state index is 0.0826. The fraction of sp³-hybridized carbons (Fsp3) is 0.389. The topological polar surface area (TPSA) is 69.6 Å². The van der Waals surface area contributed by atoms with Crippen LogP contribution >= 0.6 is 27.3 Å². The Kier molecular flexibility index (Phi) is 8.06. The van der Waals surface area contributed by atoms with Gasteiger partial charge < -0.3 is 15.5 Å². The van der Waals surface area contributed by atoms with Crippen LogP contribution in [-0.4, -0.2) is 42.4 Å². The highest BCUT2D eigenvalue weighted by Gasteiger charge is 2.11. The van der Waals surface area contributed by atoms with Crippen molar-refractivity contribution in [3.8, 4) is 0 Å². The van der Waals surface area contributed by atoms with E-state index in [9.17, 15) is 4.79 Å². The zero-order chi connectivity index (χ0) is 18.9. The van der Waals surface area contributed by atoms with Crippen molar-refractivity contribution in [1.29, 1.82) is 0 Å². The number of benzene rings is 1. The average molecular weight is 438 g/mol. The Bertz CT molecular complexity index is 762. The lowest BCUT2D eigenvalue weighted by Crippen LogP contribution is -2.39. The normalized spacial score (nSPS) is 11.3. The van der Waals surface area contributed by atoms with Crippen LogP contribution in [0.15, 0.2) is 39.9 Å². The Hall–Kier alpha value is -1.93. The van der Waals surface area contributed by atoms with Crippen LogP contribution in [0.1, 0.15) is 21.9 Å². The Labute approximate surface area is 166 Å². The fourth-order valence-corrected chi connectivity index (χ4v) is 3.45. The van der Waals surface area contributed by atoms with E-state index < -0.39 is 0 Å². The van der Waals surface area contributed by atoms with Crippen molar-refractivity contribution in [2.24, 2.45) is 4.99 Å². The highest BCUT2D eigenvalue weighted by Crippen LogP contribution is 2.17. The van der Waals surface area contributed by atoms with Crippen LogP contribution in [-0.2, 0) is 17.9 Å². The largest absolute Gasteiger partial charge is 0.356 e. The van der Waals surface area contributed by atoms with E-state index in [4.69, 9.17) is 0 Å². The molecule has 0 radical (unpaired) electrons. The molecule has 1 aromatic carbocycles. The summed E-state index contributed by atoms with van der Waals surface area (Å²) in [6, 6.07) is 7.93. The van der Waals surface area contributed by atoms with Gasteiger partial charge in [0, 0.05) is 49.2 Å². The van der Waals surface area contributed by atoms with Gasteiger partial charge in [-0.15, -0.1) is 11.3 Å². The molecule has 2 aromatic rings. The number of rotatable bonds is 7. The van der Waals surface area contributed by atoms with Gasteiger partial charge in [0.25, 0.3) is 0 Å². The molecule has 6 nitrogen and oxygen atoms in total. The molecule has 0 bridgehead atoms. The molecule has 2 rings (SSSR count). The van der Waals surface area contributed by atoms with Crippen LogP contribution in [0.25, 0.3) is 0 Å². The van der Waals surface area contributed by atoms with Crippen molar-refractivity contribution in [3.63, 3.8) is 0 Å². The lowest BCUT2D eigenvalue weighted by atomic mass is 10.2. The maximum Gasteiger partial charge on any atom is 0.224 e. The third-order valence-corrected chi connectivity index (χ3v) is 5.41. The molecular formula is C18H24BrN5OS. The van der Waals surface area contributed by atoms with Crippen LogP contribution in [0.2, 0.25) is 0 Å². The smallest absolute Gasteiger partial charge is 0.224 e. The van der Waals surface area contributed by atoms with E-state index in [0.717, 1.165) is 15.0 Å². The van der Waals surface area contributed by atoms with E-state index in [2.05, 4.69) is 36.5 Å². The molecule has 8 heteroatoms. The number of thiazole rings is 1. The van der Waals surface area contributed by atoms with Gasteiger partial charge in [-0.1, -0.05) is 34.1 Å². The van der Waals surface area contributed by atoms with Crippen molar-refractivity contribution < 1.29 is 4.79 Å². The SMILES string of the molecule is CN=C(NCCC(=O)N(C)Cc1ccccc1Br)NCc1ncc(C)s1. The van der Waals surface area contributed by atoms with E-state index in [0.29, 0.717) is 32.0 Å². The zero-order valence-electron chi connectivity index (χ0n) is 15.3. The highest BCUT2D eigenvalue weighted by molar-refractivity contribution is 9.10. The number of guanidine groups is 1. The van der Waals surface area contributed by atoms with Crippen LogP contribution in [0.3, 0.4) is 0 Å². The third kappa shape index (κ3) is 6.42. The van der Waals surface area contributed by atoms with Crippen molar-refractivity contribution >= 4 is 39.1 Å². The van der Waals surface area contributed by atoms with Crippen molar-refractivity contribution in [3.05, 3.63) is 50.4 Å². The summed E-state index contributed by atoms with van der Waals surface area (Å²) in [5.41, 5.74) is 1.09. The number of nitrogens with one attached hydrogen (secondary N) is 2. The summed E-state index contributed by atoms with van der Waals surface area (Å²) in [6.07, 6.45) is 2.26. The highest BCUT2D eigenvalue weighted by atomic mass is 79.9. The van der Waals surface area contributed by atoms with Gasteiger partial charge >= 0.3 is 0 Å². The number of nitrogens with zero attached hydrogens (tertiary/aromatic N) is 3. The van der Waals surface area contributed by atoms with Crippen LogP contribution in [0, 0.1) is 6.92 Å². The Morgan fingerprint density at radius 2 is 2.12 bits per heavy atom. The number of aliphatic imine (C=N–C) groups is 1. The second kappa shape index (κ2) is 10.3. The quantitative estimate of drug-likeness (QED) is 0.515. The van der Waals surface area contributed by atoms with E-state index in [1.807, 2.05) is 44.4 Å². The molecule has 0 fully saturated rings. The van der Waals surface area contributed by atoms with Gasteiger partial charge in [0.05, 0.1) is 6.54 Å². The molecule has 1 aromatic heterocycles. The first-order chi connectivity index (χ1) is 12.5. The molecule has 0 aliphatic rings. The molecular weight excluding hydrogens is 414 g/mol. The Morgan fingerprint density at radius 3 is 2.77 bits per heavy atom. The minimum Gasteiger partial charge on any atom is -0.356 e. The first-order valence-corrected chi connectivity index (χ1v) is 9.93. The van der Waals surface area contributed by atoms with Crippen molar-refractivity contribution in [2.75, 3.05) is 20.6 Å². The van der Waals surface area contributed by atoms with E-state index >= 15 is 0 Å². The van der Waals surface area contributed by atoms with Crippen molar-refractivity contribution in [2.45, 2.75) is 26.4 Å². The number of amides is 1. The standard InChI is InChI=1S/C18H24BrN5OS/c1-13-10-22-16(26-13)11-23-18(20-2)21-9-8-17(25)24(3)12-14-6-4-5-7-15(14)19/h4-7,10H,8-9,11-12H2,1-3H3,(H2,20,21,23). The number of carbonyl (C=O) groups is 1. The maximum atomic E-state index is 12.3. The van der Waals surface area contributed by atoms with Gasteiger partial charge in [0.1, 0.15) is 5.01 Å². The first kappa shape index (κ1) is 20.4. The Balaban J connectivity index is 1.73. The van der Waals surface area contributed by atoms with Gasteiger partial charge in [0.15, 0.2) is 5.96 Å². The summed E-state index contributed by atoms with van der Waals surface area (Å²) in [6.45, 7) is 3.75. The van der Waals surface area contributed by atoms with Gasteiger partial charge in [0.2, 0.25) is 5.91 Å². The number of halogens is 1. The van der Waals surface area contributed by atoms with E-state index in [1.165, 1.54) is 4.88 Å². The summed E-state index contributed by atoms with van der Waals surface area (Å²) in [5.74, 6) is 0.748. The minimum absolute atomic E-state index is 0.0826. The van der Waals surface area contributed by atoms with Crippen LogP contribution in [0.4, 0.5) is 0 Å². The fourth-order valence-electron chi connectivity index (χ4n) is 2.31.